The largest absolute Gasteiger partial charge is 1.00 e. The van der Waals surface area contributed by atoms with Crippen LogP contribution < -0.4 is 57.1 Å². The normalized spacial score (nSPS) is 9.34. The summed E-state index contributed by atoms with van der Waals surface area (Å²) in [5.74, 6) is 31.9. The maximum absolute atomic E-state index is 7.00. The van der Waals surface area contributed by atoms with Crippen molar-refractivity contribution in [1.29, 1.82) is 0 Å². The number of aryl methyl sites for hydroxylation is 12. The van der Waals surface area contributed by atoms with Crippen LogP contribution in [0.15, 0.2) is 308 Å². The summed E-state index contributed by atoms with van der Waals surface area (Å²) < 4.78 is 3.54. The number of halogens is 2. The number of nitrogen functional groups attached to an aromatic ring is 1. The molecule has 0 spiro atoms. The van der Waals surface area contributed by atoms with Crippen LogP contribution in [0.1, 0.15) is 171 Å². The minimum atomic E-state index is -1.21. The van der Waals surface area contributed by atoms with E-state index < -0.39 is 8.07 Å². The maximum Gasteiger partial charge on any atom is 1.00 e. The monoisotopic (exact) mass is 1820 g/mol. The predicted molar refractivity (Wildman–Crippen MR) is 539 cm³/mol. The van der Waals surface area contributed by atoms with E-state index in [0.29, 0.717) is 0 Å². The van der Waals surface area contributed by atoms with Gasteiger partial charge in [-0.05, 0) is 274 Å². The Balaban J connectivity index is 0.000000499. The molecule has 4 nitrogen and oxygen atoms in total. The van der Waals surface area contributed by atoms with Crippen LogP contribution in [0, 0.1) is 153 Å². The molecule has 0 bridgehead atoms. The second kappa shape index (κ2) is 65.3. The molecule has 640 valence electrons. The Labute approximate surface area is 817 Å². The fourth-order valence-corrected chi connectivity index (χ4v) is 12.1. The van der Waals surface area contributed by atoms with E-state index in [1.54, 1.807) is 0 Å². The molecule has 0 radical (unpaired) electrons. The Kier molecular flexibility index (Phi) is 57.9. The number of nitrogens with two attached hydrogens (primary N) is 1. The van der Waals surface area contributed by atoms with E-state index in [0.717, 1.165) is 56.2 Å². The van der Waals surface area contributed by atoms with Crippen LogP contribution in [-0.4, -0.2) is 30.3 Å². The van der Waals surface area contributed by atoms with Crippen molar-refractivity contribution in [2.45, 2.75) is 167 Å². The number of benzene rings is 12. The predicted octanol–water partition coefficient (Wildman–Crippen LogP) is 26.4. The Morgan fingerprint density at radius 3 is 0.800 bits per heavy atom. The summed E-state index contributed by atoms with van der Waals surface area (Å²) in [7, 11) is 3.99. The molecule has 0 unspecified atom stereocenters. The van der Waals surface area contributed by atoms with E-state index in [1.165, 1.54) is 159 Å². The molecule has 4 N–H and O–H groups in total. The van der Waals surface area contributed by atoms with Gasteiger partial charge in [0.25, 0.3) is 0 Å². The quantitative estimate of drug-likeness (QED) is 0.0522. The maximum atomic E-state index is 7.00. The van der Waals surface area contributed by atoms with Crippen molar-refractivity contribution >= 4 is 39.8 Å². The SMILES string of the molecule is C#Cc1ccc(C)cc1.C#Cc1ccc(C)cc1.CCCCCCc1ccc(-n2c(-c3ccc(C)cc3)ccc2-c2ccc(C)cc2)cc1.CCCCCCc1ccc(N)cc1.CO.Cc1ccc(Br)cc1.Cc1ccc(C#CC#Cc2ccc(C)cc2)cc1.Cc1ccc(C#CC#Cc2ccc(C)cc2)cc1.Cc1ccc(C#C[Si](C)(C)C)cc1.[Cl][Cu].[K+].[OH-]. The van der Waals surface area contributed by atoms with Gasteiger partial charge in [-0.3, -0.25) is 0 Å². The number of hydrogen-bond donors (Lipinski definition) is 2. The van der Waals surface area contributed by atoms with Crippen molar-refractivity contribution in [1.82, 2.24) is 4.57 Å². The van der Waals surface area contributed by atoms with E-state index in [2.05, 4.69) is 387 Å². The number of terminal acetylenes is 2. The van der Waals surface area contributed by atoms with Gasteiger partial charge in [0, 0.05) is 61.9 Å². The zero-order chi connectivity index (χ0) is 90.0. The Hall–Kier alpha value is -10.3. The average Bonchev–Trinajstić information content (AvgIpc) is 1.65. The minimum absolute atomic E-state index is 0. The van der Waals surface area contributed by atoms with Gasteiger partial charge in [0.1, 0.15) is 8.07 Å². The van der Waals surface area contributed by atoms with E-state index in [9.17, 15) is 0 Å². The van der Waals surface area contributed by atoms with E-state index in [1.807, 2.05) is 135 Å². The van der Waals surface area contributed by atoms with Gasteiger partial charge in [0.2, 0.25) is 0 Å². The molecule has 12 aromatic carbocycles. The molecule has 0 amide bonds. The van der Waals surface area contributed by atoms with Crippen LogP contribution in [-0.2, 0) is 27.9 Å². The van der Waals surface area contributed by atoms with Crippen LogP contribution in [0.3, 0.4) is 0 Å². The summed E-state index contributed by atoms with van der Waals surface area (Å²) in [6, 6.07) is 104. The fourth-order valence-electron chi connectivity index (χ4n) is 11.3. The Morgan fingerprint density at radius 1 is 0.328 bits per heavy atom. The van der Waals surface area contributed by atoms with Crippen LogP contribution >= 0.6 is 26.0 Å². The molecule has 0 saturated heterocycles. The van der Waals surface area contributed by atoms with Crippen LogP contribution in [0.5, 0.6) is 0 Å². The first-order chi connectivity index (χ1) is 59.4. The van der Waals surface area contributed by atoms with Crippen molar-refractivity contribution in [3.63, 3.8) is 0 Å². The number of anilines is 1. The molecule has 13 rings (SSSR count). The van der Waals surface area contributed by atoms with Gasteiger partial charge in [-0.25, -0.2) is 0 Å². The Bertz CT molecular complexity index is 5210. The summed E-state index contributed by atoms with van der Waals surface area (Å²) >= 11 is 7.01. The third-order valence-corrected chi connectivity index (χ3v) is 20.0. The first-order valence-corrected chi connectivity index (χ1v) is 47.5. The zero-order valence-electron chi connectivity index (χ0n) is 76.6. The number of aliphatic hydroxyl groups excluding tert-OH is 1. The summed E-state index contributed by atoms with van der Waals surface area (Å²) in [6.07, 6.45) is 23.2. The molecule has 0 aliphatic rings. The van der Waals surface area contributed by atoms with Crippen molar-refractivity contribution in [2.24, 2.45) is 0 Å². The van der Waals surface area contributed by atoms with E-state index in [4.69, 9.17) is 23.7 Å². The van der Waals surface area contributed by atoms with Crippen molar-refractivity contribution in [3.8, 4) is 112 Å². The molecule has 1 heterocycles. The molecular formula is C116H124BrClCuKN2O2Si. The molecule has 0 saturated carbocycles. The summed E-state index contributed by atoms with van der Waals surface area (Å²) in [5, 5.41) is 7.00. The van der Waals surface area contributed by atoms with E-state index >= 15 is 0 Å². The topological polar surface area (TPSA) is 81.2 Å². The average molecular weight is 1820 g/mol. The number of rotatable bonds is 13. The second-order valence-corrected chi connectivity index (χ2v) is 36.5. The molecule has 1 aromatic heterocycles. The zero-order valence-corrected chi connectivity index (χ0v) is 84.0. The molecule has 9 heteroatoms. The van der Waals surface area contributed by atoms with Gasteiger partial charge >= 0.3 is 76.6 Å². The number of unbranched alkanes of at least 4 members (excludes halogenated alkanes) is 6. The second-order valence-electron chi connectivity index (χ2n) is 30.8. The number of hydrogen-bond acceptors (Lipinski definition) is 3. The number of nitrogens with zero attached hydrogens (tertiary/aromatic N) is 1. The van der Waals surface area contributed by atoms with Gasteiger partial charge < -0.3 is 20.9 Å². The minimum Gasteiger partial charge on any atom is -0.870 e. The summed E-state index contributed by atoms with van der Waals surface area (Å²) in [5.41, 5.74) is 38.4. The van der Waals surface area contributed by atoms with Crippen molar-refractivity contribution < 1.29 is 77.1 Å². The third-order valence-electron chi connectivity index (χ3n) is 18.6. The molecule has 0 atom stereocenters. The van der Waals surface area contributed by atoms with Crippen LogP contribution in [0.2, 0.25) is 19.6 Å². The third kappa shape index (κ3) is 48.7. The smallest absolute Gasteiger partial charge is 0.870 e. The molecule has 0 aliphatic carbocycles. The van der Waals surface area contributed by atoms with Gasteiger partial charge in [-0.1, -0.05) is 355 Å². The van der Waals surface area contributed by atoms with Gasteiger partial charge in [-0.15, -0.1) is 18.4 Å². The molecule has 125 heavy (non-hydrogen) atoms. The summed E-state index contributed by atoms with van der Waals surface area (Å²) in [4.78, 5) is 0. The van der Waals surface area contributed by atoms with Crippen molar-refractivity contribution in [3.05, 3.63) is 413 Å². The van der Waals surface area contributed by atoms with Crippen LogP contribution in [0.25, 0.3) is 28.2 Å². The van der Waals surface area contributed by atoms with Crippen LogP contribution in [0.4, 0.5) is 5.69 Å². The molecular weight excluding hydrogens is 1700 g/mol. The standard InChI is InChI=1S/C30H33N.2C18H14.C12H19N.C12H16Si.2C9H8.C7H7Br.CH4O.ClH.Cu.K.H2O/c1-4-5-6-7-8-25-13-19-28(20-14-25)31-29(26-15-9-23(2)10-16-26)21-22-30(31)27-17-11-24(3)12-18-27;2*1-15-7-11-17(12-8-15)5-3-4-6-18-13-9-16(2)10-14-18;1-2-3-4-5-6-11-7-9-12(13)10-8-11;1-11-5-7-12(8-6-11)9-10-13(2,3)4;2*1-3-9-6-4-8(2)5-7-9;1-6-2-4-7(8)5-3-6;1-2;;;;/h9-22H,4-8H2,1-3H3;2*7-14H,1-2H3;7-10H,2-6,13H2,1H3;5-8H,1-4H3;2*1,4-7H,2H3;2-5H,1H3;2H,1H3;1H;;;1H2/q;;;;;;;;;;2*+1;/p-2. The fraction of sp³-hybridized carbons (Fsp3) is 0.224. The van der Waals surface area contributed by atoms with Gasteiger partial charge in [0.05, 0.1) is 11.4 Å². The van der Waals surface area contributed by atoms with Gasteiger partial charge in [-0.2, -0.15) is 0 Å². The molecule has 13 aromatic rings. The first-order valence-electron chi connectivity index (χ1n) is 41.9. The Morgan fingerprint density at radius 2 is 0.560 bits per heavy atom. The van der Waals surface area contributed by atoms with Gasteiger partial charge in [0.15, 0.2) is 0 Å². The van der Waals surface area contributed by atoms with Crippen molar-refractivity contribution in [2.75, 3.05) is 12.8 Å². The molecule has 0 aliphatic heterocycles. The number of aliphatic hydroxyl groups is 1. The van der Waals surface area contributed by atoms with E-state index in [-0.39, 0.29) is 56.9 Å². The summed E-state index contributed by atoms with van der Waals surface area (Å²) in [6.45, 7) is 32.1. The number of aromatic nitrogens is 1. The first kappa shape index (κ1) is 111. The molecule has 0 fully saturated rings.